The molecule has 1 aliphatic heterocycles. The van der Waals surface area contributed by atoms with Crippen molar-refractivity contribution in [2.24, 2.45) is 0 Å². The van der Waals surface area contributed by atoms with E-state index in [0.717, 1.165) is 9.79 Å². The van der Waals surface area contributed by atoms with Gasteiger partial charge in [-0.15, -0.1) is 0 Å². The Balaban J connectivity index is 1.75. The minimum atomic E-state index is -0.636. The summed E-state index contributed by atoms with van der Waals surface area (Å²) in [4.78, 5) is 2.28. The summed E-state index contributed by atoms with van der Waals surface area (Å²) in [6.07, 6.45) is 0. The monoisotopic (exact) mass is 276 g/mol. The molecule has 0 amide bonds. The third-order valence-electron chi connectivity index (χ3n) is 2.44. The maximum Gasteiger partial charge on any atom is 0.282 e. The predicted octanol–water partition coefficient (Wildman–Crippen LogP) is 4.19. The van der Waals surface area contributed by atoms with Crippen LogP contribution in [-0.2, 0) is 9.47 Å². The average molecular weight is 276 g/mol. The molecule has 4 heteroatoms. The number of benzene rings is 2. The molecule has 2 aromatic rings. The van der Waals surface area contributed by atoms with E-state index in [4.69, 9.17) is 9.47 Å². The molecule has 0 spiro atoms. The van der Waals surface area contributed by atoms with E-state index < -0.39 is 4.45 Å². The van der Waals surface area contributed by atoms with Crippen molar-refractivity contribution >= 4 is 23.5 Å². The van der Waals surface area contributed by atoms with Crippen molar-refractivity contribution < 1.29 is 9.47 Å². The Labute approximate surface area is 115 Å². The number of ether oxygens (including phenoxy) is 2. The Bertz CT molecular complexity index is 454. The van der Waals surface area contributed by atoms with Gasteiger partial charge in [-0.3, -0.25) is 0 Å². The highest BCUT2D eigenvalue weighted by Gasteiger charge is 2.42. The molecule has 18 heavy (non-hydrogen) atoms. The smallest absolute Gasteiger partial charge is 0.282 e. The second kappa shape index (κ2) is 5.36. The normalized spacial score (nSPS) is 17.1. The first-order valence-electron chi connectivity index (χ1n) is 5.62. The quantitative estimate of drug-likeness (QED) is 0.779. The molecule has 0 aliphatic carbocycles. The van der Waals surface area contributed by atoms with Gasteiger partial charge < -0.3 is 9.47 Å². The van der Waals surface area contributed by atoms with Crippen LogP contribution in [0.5, 0.6) is 0 Å². The Kier molecular flexibility index (Phi) is 3.61. The molecule has 0 unspecified atom stereocenters. The minimum absolute atomic E-state index is 0.361. The lowest BCUT2D eigenvalue weighted by Gasteiger charge is -2.39. The highest BCUT2D eigenvalue weighted by Crippen LogP contribution is 2.51. The number of hydrogen-bond acceptors (Lipinski definition) is 4. The van der Waals surface area contributed by atoms with Gasteiger partial charge in [0.2, 0.25) is 0 Å². The van der Waals surface area contributed by atoms with E-state index in [1.165, 1.54) is 0 Å². The highest BCUT2D eigenvalue weighted by molar-refractivity contribution is 8.17. The van der Waals surface area contributed by atoms with Gasteiger partial charge in [-0.2, -0.15) is 0 Å². The molecular formula is C14H12O2S2. The molecule has 2 aromatic carbocycles. The number of hydrogen-bond donors (Lipinski definition) is 0. The molecule has 92 valence electrons. The van der Waals surface area contributed by atoms with Gasteiger partial charge in [-0.25, -0.2) is 0 Å². The molecule has 0 bridgehead atoms. The summed E-state index contributed by atoms with van der Waals surface area (Å²) < 4.78 is 10.6. The third-order valence-corrected chi connectivity index (χ3v) is 4.93. The number of thioether (sulfide) groups is 2. The van der Waals surface area contributed by atoms with Gasteiger partial charge in [0.1, 0.15) is 0 Å². The van der Waals surface area contributed by atoms with Crippen molar-refractivity contribution in [2.75, 3.05) is 6.79 Å². The molecule has 0 radical (unpaired) electrons. The lowest BCUT2D eigenvalue weighted by atomic mass is 10.4. The van der Waals surface area contributed by atoms with E-state index in [-0.39, 0.29) is 0 Å². The summed E-state index contributed by atoms with van der Waals surface area (Å²) in [6.45, 7) is 0.361. The second-order valence-electron chi connectivity index (χ2n) is 3.74. The topological polar surface area (TPSA) is 18.5 Å². The van der Waals surface area contributed by atoms with E-state index in [9.17, 15) is 0 Å². The van der Waals surface area contributed by atoms with Gasteiger partial charge in [-0.1, -0.05) is 36.4 Å². The predicted molar refractivity (Wildman–Crippen MR) is 74.4 cm³/mol. The van der Waals surface area contributed by atoms with E-state index in [0.29, 0.717) is 6.79 Å². The molecule has 0 N–H and O–H groups in total. The summed E-state index contributed by atoms with van der Waals surface area (Å²) in [5, 5.41) is 0. The van der Waals surface area contributed by atoms with Crippen molar-refractivity contribution in [3.63, 3.8) is 0 Å². The van der Waals surface area contributed by atoms with E-state index in [1.54, 1.807) is 23.5 Å². The molecule has 1 saturated heterocycles. The lowest BCUT2D eigenvalue weighted by Crippen LogP contribution is -2.40. The maximum atomic E-state index is 5.63. The van der Waals surface area contributed by atoms with Gasteiger partial charge in [-0.05, 0) is 47.8 Å². The van der Waals surface area contributed by atoms with Crippen molar-refractivity contribution in [3.8, 4) is 0 Å². The Morgan fingerprint density at radius 1 is 0.722 bits per heavy atom. The van der Waals surface area contributed by atoms with Crippen LogP contribution in [0.15, 0.2) is 70.5 Å². The third kappa shape index (κ3) is 2.72. The van der Waals surface area contributed by atoms with Crippen LogP contribution in [0.4, 0.5) is 0 Å². The van der Waals surface area contributed by atoms with Crippen molar-refractivity contribution in [1.29, 1.82) is 0 Å². The molecule has 1 heterocycles. The minimum Gasteiger partial charge on any atom is -0.305 e. The van der Waals surface area contributed by atoms with Crippen molar-refractivity contribution in [1.82, 2.24) is 0 Å². The van der Waals surface area contributed by atoms with E-state index >= 15 is 0 Å². The van der Waals surface area contributed by atoms with Gasteiger partial charge in [0.05, 0.1) is 0 Å². The molecule has 0 atom stereocenters. The first kappa shape index (κ1) is 12.1. The zero-order valence-corrected chi connectivity index (χ0v) is 11.2. The molecule has 2 nitrogen and oxygen atoms in total. The van der Waals surface area contributed by atoms with Crippen LogP contribution < -0.4 is 0 Å². The Morgan fingerprint density at radius 2 is 1.17 bits per heavy atom. The standard InChI is InChI=1S/C14H12O2S2/c1-3-7-12(8-4-1)17-14(15-11-16-14)18-13-9-5-2-6-10-13/h1-10H,11H2. The average Bonchev–Trinajstić information content (AvgIpc) is 2.39. The van der Waals surface area contributed by atoms with Crippen LogP contribution in [0.3, 0.4) is 0 Å². The van der Waals surface area contributed by atoms with Crippen molar-refractivity contribution in [3.05, 3.63) is 60.7 Å². The van der Waals surface area contributed by atoms with Gasteiger partial charge in [0, 0.05) is 9.79 Å². The fourth-order valence-corrected chi connectivity index (χ4v) is 3.90. The summed E-state index contributed by atoms with van der Waals surface area (Å²) in [5.41, 5.74) is 0. The van der Waals surface area contributed by atoms with Crippen molar-refractivity contribution in [2.45, 2.75) is 14.2 Å². The summed E-state index contributed by atoms with van der Waals surface area (Å²) >= 11 is 3.18. The van der Waals surface area contributed by atoms with Crippen LogP contribution >= 0.6 is 23.5 Å². The molecular weight excluding hydrogens is 264 g/mol. The largest absolute Gasteiger partial charge is 0.305 e. The molecule has 3 rings (SSSR count). The fourth-order valence-electron chi connectivity index (χ4n) is 1.56. The Hall–Kier alpha value is -0.940. The van der Waals surface area contributed by atoms with Crippen LogP contribution in [-0.4, -0.2) is 11.2 Å². The first-order chi connectivity index (χ1) is 8.86. The molecule has 0 aromatic heterocycles. The lowest BCUT2D eigenvalue weighted by molar-refractivity contribution is -0.295. The van der Waals surface area contributed by atoms with Crippen LogP contribution in [0.1, 0.15) is 0 Å². The van der Waals surface area contributed by atoms with Crippen LogP contribution in [0.2, 0.25) is 0 Å². The zero-order chi connectivity index (χ0) is 12.3. The SMILES string of the molecule is c1ccc(SC2(Sc3ccccc3)OCO2)cc1. The van der Waals surface area contributed by atoms with Crippen LogP contribution in [0.25, 0.3) is 0 Å². The molecule has 1 aliphatic rings. The van der Waals surface area contributed by atoms with E-state index in [1.807, 2.05) is 36.4 Å². The molecule has 1 fully saturated rings. The summed E-state index contributed by atoms with van der Waals surface area (Å²) in [6, 6.07) is 20.3. The second-order valence-corrected chi connectivity index (χ2v) is 6.42. The fraction of sp³-hybridized carbons (Fsp3) is 0.143. The summed E-state index contributed by atoms with van der Waals surface area (Å²) in [5.74, 6) is 0. The Morgan fingerprint density at radius 3 is 1.50 bits per heavy atom. The maximum absolute atomic E-state index is 5.63. The van der Waals surface area contributed by atoms with Gasteiger partial charge in [0.15, 0.2) is 6.79 Å². The zero-order valence-electron chi connectivity index (χ0n) is 9.61. The van der Waals surface area contributed by atoms with E-state index in [2.05, 4.69) is 24.3 Å². The highest BCUT2D eigenvalue weighted by atomic mass is 32.2. The van der Waals surface area contributed by atoms with Gasteiger partial charge >= 0.3 is 0 Å². The van der Waals surface area contributed by atoms with Gasteiger partial charge in [0.25, 0.3) is 4.45 Å². The first-order valence-corrected chi connectivity index (χ1v) is 7.26. The summed E-state index contributed by atoms with van der Waals surface area (Å²) in [7, 11) is 0. The number of rotatable bonds is 4. The van der Waals surface area contributed by atoms with Crippen LogP contribution in [0, 0.1) is 0 Å². The molecule has 0 saturated carbocycles.